The molecule has 3 rings (SSSR count). The zero-order valence-electron chi connectivity index (χ0n) is 14.1. The quantitative estimate of drug-likeness (QED) is 0.372. The summed E-state index contributed by atoms with van der Waals surface area (Å²) in [4.78, 5) is 14.1. The molecule has 1 heterocycles. The van der Waals surface area contributed by atoms with Gasteiger partial charge in [-0.2, -0.15) is 13.2 Å². The minimum atomic E-state index is -4.49. The first kappa shape index (κ1) is 18.5. The van der Waals surface area contributed by atoms with Gasteiger partial charge >= 0.3 is 6.18 Å². The van der Waals surface area contributed by atoms with Gasteiger partial charge in [-0.05, 0) is 47.0 Å². The van der Waals surface area contributed by atoms with Crippen LogP contribution in [0.5, 0.6) is 0 Å². The fourth-order valence-electron chi connectivity index (χ4n) is 2.89. The molecule has 0 unspecified atom stereocenters. The molecule has 0 aliphatic carbocycles. The van der Waals surface area contributed by atoms with Crippen molar-refractivity contribution in [3.63, 3.8) is 0 Å². The molecule has 0 bridgehead atoms. The molecular formula is C19H16F3N3O2. The minimum Gasteiger partial charge on any atom is -0.409 e. The van der Waals surface area contributed by atoms with Crippen molar-refractivity contribution in [2.75, 3.05) is 0 Å². The molecule has 0 fully saturated rings. The zero-order valence-corrected chi connectivity index (χ0v) is 14.1. The lowest BCUT2D eigenvalue weighted by molar-refractivity contribution is -0.137. The van der Waals surface area contributed by atoms with Gasteiger partial charge in [0.2, 0.25) is 0 Å². The maximum atomic E-state index is 12.9. The average molecular weight is 375 g/mol. The summed E-state index contributed by atoms with van der Waals surface area (Å²) in [5, 5.41) is 11.4. The van der Waals surface area contributed by atoms with Gasteiger partial charge < -0.3 is 15.8 Å². The summed E-state index contributed by atoms with van der Waals surface area (Å²) >= 11 is 0. The lowest BCUT2D eigenvalue weighted by atomic mass is 10.1. The number of rotatable bonds is 3. The Morgan fingerprint density at radius 2 is 1.89 bits per heavy atom. The number of amidine groups is 1. The molecule has 0 aromatic heterocycles. The van der Waals surface area contributed by atoms with Gasteiger partial charge in [-0.1, -0.05) is 29.4 Å². The van der Waals surface area contributed by atoms with E-state index in [4.69, 9.17) is 10.9 Å². The third kappa shape index (κ3) is 4.11. The second kappa shape index (κ2) is 7.14. The number of halogens is 3. The van der Waals surface area contributed by atoms with Crippen molar-refractivity contribution in [2.45, 2.75) is 19.3 Å². The highest BCUT2D eigenvalue weighted by Crippen LogP contribution is 2.31. The summed E-state index contributed by atoms with van der Waals surface area (Å²) < 4.78 is 38.6. The number of nitrogens with zero attached hydrogens (tertiary/aromatic N) is 2. The van der Waals surface area contributed by atoms with E-state index in [0.717, 1.165) is 28.8 Å². The molecule has 0 spiro atoms. The van der Waals surface area contributed by atoms with Crippen LogP contribution >= 0.6 is 0 Å². The average Bonchev–Trinajstić information content (AvgIpc) is 3.08. The van der Waals surface area contributed by atoms with Crippen molar-refractivity contribution >= 4 is 17.8 Å². The Bertz CT molecular complexity index is 936. The van der Waals surface area contributed by atoms with Crippen molar-refractivity contribution in [1.29, 1.82) is 0 Å². The van der Waals surface area contributed by atoms with E-state index in [1.807, 2.05) is 18.2 Å². The van der Waals surface area contributed by atoms with Gasteiger partial charge in [0.1, 0.15) is 0 Å². The molecule has 0 saturated carbocycles. The number of fused-ring (bicyclic) bond motifs is 1. The Balaban J connectivity index is 1.78. The summed E-state index contributed by atoms with van der Waals surface area (Å²) in [5.41, 5.74) is 7.17. The van der Waals surface area contributed by atoms with Gasteiger partial charge in [-0.3, -0.25) is 4.79 Å². The predicted molar refractivity (Wildman–Crippen MR) is 93.9 cm³/mol. The molecule has 5 nitrogen and oxygen atoms in total. The van der Waals surface area contributed by atoms with Crippen molar-refractivity contribution in [2.24, 2.45) is 10.9 Å². The number of nitrogens with two attached hydrogens (primary N) is 1. The van der Waals surface area contributed by atoms with Gasteiger partial charge in [-0.15, -0.1) is 0 Å². The number of hydrogen-bond acceptors (Lipinski definition) is 3. The van der Waals surface area contributed by atoms with Crippen molar-refractivity contribution < 1.29 is 23.2 Å². The molecule has 0 radical (unpaired) electrons. The van der Waals surface area contributed by atoms with Gasteiger partial charge in [0.25, 0.3) is 5.91 Å². The molecule has 1 aliphatic rings. The van der Waals surface area contributed by atoms with E-state index < -0.39 is 17.6 Å². The molecule has 1 aliphatic heterocycles. The number of benzene rings is 2. The van der Waals surface area contributed by atoms with Crippen LogP contribution in [0.15, 0.2) is 53.7 Å². The number of hydrogen-bond donors (Lipinski definition) is 2. The molecular weight excluding hydrogens is 359 g/mol. The molecule has 2 aromatic carbocycles. The van der Waals surface area contributed by atoms with Gasteiger partial charge in [-0.25, -0.2) is 0 Å². The molecule has 27 heavy (non-hydrogen) atoms. The van der Waals surface area contributed by atoms with Gasteiger partial charge in [0.05, 0.1) is 5.56 Å². The van der Waals surface area contributed by atoms with Crippen molar-refractivity contribution in [1.82, 2.24) is 4.90 Å². The summed E-state index contributed by atoms with van der Waals surface area (Å²) in [5.74, 6) is -0.497. The Kier molecular flexibility index (Phi) is 4.89. The highest BCUT2D eigenvalue weighted by molar-refractivity contribution is 5.95. The third-order valence-corrected chi connectivity index (χ3v) is 4.24. The van der Waals surface area contributed by atoms with Crippen LogP contribution < -0.4 is 5.73 Å². The molecule has 1 amide bonds. The van der Waals surface area contributed by atoms with E-state index in [1.54, 1.807) is 6.08 Å². The number of alkyl halides is 3. The Morgan fingerprint density at radius 1 is 1.15 bits per heavy atom. The SMILES string of the molecule is NC(/C=C/c1ccc2c(c1)CN(C(=O)c1cccc(C(F)(F)F)c1)C2)=NO. The van der Waals surface area contributed by atoms with Crippen LogP contribution in [0.1, 0.15) is 32.6 Å². The number of carbonyl (C=O) groups excluding carboxylic acids is 1. The Hall–Kier alpha value is -3.29. The van der Waals surface area contributed by atoms with Crippen LogP contribution in [-0.4, -0.2) is 21.8 Å². The van der Waals surface area contributed by atoms with E-state index in [1.165, 1.54) is 23.1 Å². The lowest BCUT2D eigenvalue weighted by Crippen LogP contribution is -2.25. The first-order valence-electron chi connectivity index (χ1n) is 8.02. The molecule has 2 aromatic rings. The lowest BCUT2D eigenvalue weighted by Gasteiger charge is -2.16. The van der Waals surface area contributed by atoms with Crippen molar-refractivity contribution in [3.05, 3.63) is 76.4 Å². The largest absolute Gasteiger partial charge is 0.416 e. The van der Waals surface area contributed by atoms with Crippen LogP contribution in [0.4, 0.5) is 13.2 Å². The van der Waals surface area contributed by atoms with Crippen LogP contribution in [0.25, 0.3) is 6.08 Å². The summed E-state index contributed by atoms with van der Waals surface area (Å²) in [6.07, 6.45) is -1.40. The second-order valence-electron chi connectivity index (χ2n) is 6.13. The van der Waals surface area contributed by atoms with Crippen molar-refractivity contribution in [3.8, 4) is 0 Å². The summed E-state index contributed by atoms with van der Waals surface area (Å²) in [6.45, 7) is 0.629. The van der Waals surface area contributed by atoms with Crippen LogP contribution in [0.2, 0.25) is 0 Å². The summed E-state index contributed by atoms with van der Waals surface area (Å²) in [6, 6.07) is 9.95. The smallest absolute Gasteiger partial charge is 0.409 e. The number of carbonyl (C=O) groups is 1. The topological polar surface area (TPSA) is 78.9 Å². The Morgan fingerprint density at radius 3 is 2.59 bits per heavy atom. The molecule has 140 valence electrons. The molecule has 8 heteroatoms. The monoisotopic (exact) mass is 375 g/mol. The van der Waals surface area contributed by atoms with Crippen LogP contribution in [-0.2, 0) is 19.3 Å². The standard InChI is InChI=1S/C19H16F3N3O2/c20-19(21,22)16-3-1-2-13(9-16)18(26)25-10-14-6-4-12(8-15(14)11-25)5-7-17(23)24-27/h1-9,27H,10-11H2,(H2,23,24)/b7-5+. The normalized spacial score (nSPS) is 14.6. The predicted octanol–water partition coefficient (Wildman–Crippen LogP) is 3.62. The van der Waals surface area contributed by atoms with Gasteiger partial charge in [0, 0.05) is 18.7 Å². The van der Waals surface area contributed by atoms with E-state index in [0.29, 0.717) is 13.1 Å². The third-order valence-electron chi connectivity index (χ3n) is 4.24. The highest BCUT2D eigenvalue weighted by Gasteiger charge is 2.32. The molecule has 0 saturated heterocycles. The van der Waals surface area contributed by atoms with E-state index in [-0.39, 0.29) is 11.4 Å². The highest BCUT2D eigenvalue weighted by atomic mass is 19.4. The fraction of sp³-hybridized carbons (Fsp3) is 0.158. The minimum absolute atomic E-state index is 0.00433. The van der Waals surface area contributed by atoms with Gasteiger partial charge in [0.15, 0.2) is 5.84 Å². The summed E-state index contributed by atoms with van der Waals surface area (Å²) in [7, 11) is 0. The maximum Gasteiger partial charge on any atom is 0.416 e. The van der Waals surface area contributed by atoms with E-state index in [2.05, 4.69) is 5.16 Å². The van der Waals surface area contributed by atoms with Crippen LogP contribution in [0.3, 0.4) is 0 Å². The maximum absolute atomic E-state index is 12.9. The van der Waals surface area contributed by atoms with E-state index >= 15 is 0 Å². The molecule has 3 N–H and O–H groups in total. The first-order chi connectivity index (χ1) is 12.8. The fourth-order valence-corrected chi connectivity index (χ4v) is 2.89. The second-order valence-corrected chi connectivity index (χ2v) is 6.13. The Labute approximate surface area is 153 Å². The number of amides is 1. The number of oxime groups is 1. The van der Waals surface area contributed by atoms with E-state index in [9.17, 15) is 18.0 Å². The van der Waals surface area contributed by atoms with Crippen LogP contribution in [0, 0.1) is 0 Å². The molecule has 0 atom stereocenters. The first-order valence-corrected chi connectivity index (χ1v) is 8.02. The zero-order chi connectivity index (χ0) is 19.6.